The Morgan fingerprint density at radius 3 is 2.95 bits per heavy atom. The molecule has 0 amide bonds. The van der Waals surface area contributed by atoms with Crippen LogP contribution in [0.25, 0.3) is 0 Å². The first-order valence-electron chi connectivity index (χ1n) is 7.69. The zero-order valence-electron chi connectivity index (χ0n) is 12.2. The maximum atomic E-state index is 6.29. The summed E-state index contributed by atoms with van der Waals surface area (Å²) in [6, 6.07) is 3.99. The molecule has 0 spiro atoms. The first-order chi connectivity index (χ1) is 10.3. The molecule has 2 aliphatic heterocycles. The fourth-order valence-electron chi connectivity index (χ4n) is 2.74. The second kappa shape index (κ2) is 7.34. The Morgan fingerprint density at radius 1 is 1.19 bits per heavy atom. The van der Waals surface area contributed by atoms with Gasteiger partial charge in [-0.3, -0.25) is 0 Å². The number of benzene rings is 1. The van der Waals surface area contributed by atoms with Gasteiger partial charge >= 0.3 is 0 Å². The second-order valence-corrected chi connectivity index (χ2v) is 6.06. The van der Waals surface area contributed by atoms with E-state index < -0.39 is 0 Å². The molecule has 0 radical (unpaired) electrons. The molecule has 5 heteroatoms. The molecule has 1 saturated heterocycles. The van der Waals surface area contributed by atoms with Crippen molar-refractivity contribution in [1.29, 1.82) is 0 Å². The Kier molecular flexibility index (Phi) is 5.22. The summed E-state index contributed by atoms with van der Waals surface area (Å²) in [4.78, 5) is 0. The Balaban J connectivity index is 1.53. The maximum absolute atomic E-state index is 6.29. The van der Waals surface area contributed by atoms with Gasteiger partial charge in [-0.05, 0) is 43.0 Å². The molecule has 1 aromatic rings. The molecule has 1 unspecified atom stereocenters. The monoisotopic (exact) mass is 311 g/mol. The van der Waals surface area contributed by atoms with Crippen LogP contribution in [0.15, 0.2) is 12.1 Å². The van der Waals surface area contributed by atoms with E-state index in [1.54, 1.807) is 0 Å². The molecular weight excluding hydrogens is 290 g/mol. The predicted octanol–water partition coefficient (Wildman–Crippen LogP) is 3.02. The average molecular weight is 312 g/mol. The SMILES string of the molecule is Clc1cc(CNCCC2CCOC2)cc2c1OCCCO2. The van der Waals surface area contributed by atoms with Crippen LogP contribution in [-0.4, -0.2) is 33.0 Å². The molecule has 1 aromatic carbocycles. The molecule has 2 aliphatic rings. The highest BCUT2D eigenvalue weighted by molar-refractivity contribution is 6.32. The summed E-state index contributed by atoms with van der Waals surface area (Å²) < 4.78 is 16.7. The fourth-order valence-corrected chi connectivity index (χ4v) is 3.02. The lowest BCUT2D eigenvalue weighted by Gasteiger charge is -2.13. The third kappa shape index (κ3) is 4.02. The fraction of sp³-hybridized carbons (Fsp3) is 0.625. The van der Waals surface area contributed by atoms with Crippen LogP contribution in [0.5, 0.6) is 11.5 Å². The summed E-state index contributed by atoms with van der Waals surface area (Å²) in [6.07, 6.45) is 3.25. The van der Waals surface area contributed by atoms with Crippen LogP contribution in [0.4, 0.5) is 0 Å². The van der Waals surface area contributed by atoms with Crippen LogP contribution in [-0.2, 0) is 11.3 Å². The number of ether oxygens (including phenoxy) is 3. The average Bonchev–Trinajstić information content (AvgIpc) is 2.87. The van der Waals surface area contributed by atoms with Crippen molar-refractivity contribution in [2.75, 3.05) is 33.0 Å². The summed E-state index contributed by atoms with van der Waals surface area (Å²) in [7, 11) is 0. The molecular formula is C16H22ClNO3. The zero-order chi connectivity index (χ0) is 14.5. The van der Waals surface area contributed by atoms with Gasteiger partial charge < -0.3 is 19.5 Å². The van der Waals surface area contributed by atoms with Crippen molar-refractivity contribution in [3.05, 3.63) is 22.7 Å². The van der Waals surface area contributed by atoms with Crippen LogP contribution in [0, 0.1) is 5.92 Å². The van der Waals surface area contributed by atoms with Crippen LogP contribution >= 0.6 is 11.6 Å². The van der Waals surface area contributed by atoms with Gasteiger partial charge in [-0.15, -0.1) is 0 Å². The number of halogens is 1. The molecule has 1 N–H and O–H groups in total. The smallest absolute Gasteiger partial charge is 0.179 e. The molecule has 21 heavy (non-hydrogen) atoms. The lowest BCUT2D eigenvalue weighted by molar-refractivity contribution is 0.184. The summed E-state index contributed by atoms with van der Waals surface area (Å²) in [6.45, 7) is 4.97. The van der Waals surface area contributed by atoms with E-state index in [1.165, 1.54) is 6.42 Å². The third-order valence-corrected chi connectivity index (χ3v) is 4.23. The first kappa shape index (κ1) is 14.9. The molecule has 2 heterocycles. The molecule has 0 saturated carbocycles. The summed E-state index contributed by atoms with van der Waals surface area (Å²) in [5, 5.41) is 4.10. The highest BCUT2D eigenvalue weighted by Crippen LogP contribution is 2.37. The molecule has 1 atom stereocenters. The van der Waals surface area contributed by atoms with Crippen LogP contribution < -0.4 is 14.8 Å². The van der Waals surface area contributed by atoms with Crippen molar-refractivity contribution >= 4 is 11.6 Å². The van der Waals surface area contributed by atoms with Gasteiger partial charge in [0.15, 0.2) is 11.5 Å². The quantitative estimate of drug-likeness (QED) is 0.849. The van der Waals surface area contributed by atoms with Gasteiger partial charge in [-0.25, -0.2) is 0 Å². The number of fused-ring (bicyclic) bond motifs is 1. The minimum absolute atomic E-state index is 0.635. The maximum Gasteiger partial charge on any atom is 0.179 e. The molecule has 3 rings (SSSR count). The van der Waals surface area contributed by atoms with Gasteiger partial charge in [-0.2, -0.15) is 0 Å². The normalized spacial score (nSPS) is 21.3. The highest BCUT2D eigenvalue weighted by atomic mass is 35.5. The van der Waals surface area contributed by atoms with E-state index in [2.05, 4.69) is 5.32 Å². The van der Waals surface area contributed by atoms with E-state index in [4.69, 9.17) is 25.8 Å². The number of hydrogen-bond donors (Lipinski definition) is 1. The predicted molar refractivity (Wildman–Crippen MR) is 82.3 cm³/mol. The Labute approximate surface area is 130 Å². The van der Waals surface area contributed by atoms with E-state index in [-0.39, 0.29) is 0 Å². The van der Waals surface area contributed by atoms with Gasteiger partial charge in [0.05, 0.1) is 18.2 Å². The Hall–Kier alpha value is -0.970. The van der Waals surface area contributed by atoms with Gasteiger partial charge in [0.1, 0.15) is 0 Å². The largest absolute Gasteiger partial charge is 0.489 e. The molecule has 0 bridgehead atoms. The Morgan fingerprint density at radius 2 is 2.10 bits per heavy atom. The van der Waals surface area contributed by atoms with Crippen molar-refractivity contribution in [3.8, 4) is 11.5 Å². The number of rotatable bonds is 5. The molecule has 0 aliphatic carbocycles. The third-order valence-electron chi connectivity index (χ3n) is 3.94. The van der Waals surface area contributed by atoms with Crippen molar-refractivity contribution in [2.45, 2.75) is 25.8 Å². The lowest BCUT2D eigenvalue weighted by atomic mass is 10.1. The van der Waals surface area contributed by atoms with Gasteiger partial charge in [0.25, 0.3) is 0 Å². The highest BCUT2D eigenvalue weighted by Gasteiger charge is 2.16. The summed E-state index contributed by atoms with van der Waals surface area (Å²) in [5.41, 5.74) is 1.13. The van der Waals surface area contributed by atoms with Crippen molar-refractivity contribution in [1.82, 2.24) is 5.32 Å². The standard InChI is InChI=1S/C16H22ClNO3/c17-14-8-13(9-15-16(14)21-6-1-5-20-15)10-18-4-2-12-3-7-19-11-12/h8-9,12,18H,1-7,10-11H2. The van der Waals surface area contributed by atoms with Gasteiger partial charge in [0, 0.05) is 26.2 Å². The summed E-state index contributed by atoms with van der Waals surface area (Å²) in [5.74, 6) is 2.16. The topological polar surface area (TPSA) is 39.7 Å². The molecule has 0 aromatic heterocycles. The van der Waals surface area contributed by atoms with Crippen molar-refractivity contribution < 1.29 is 14.2 Å². The minimum Gasteiger partial charge on any atom is -0.489 e. The molecule has 116 valence electrons. The second-order valence-electron chi connectivity index (χ2n) is 5.65. The van der Waals surface area contributed by atoms with E-state index >= 15 is 0 Å². The molecule has 4 nitrogen and oxygen atoms in total. The lowest BCUT2D eigenvalue weighted by Crippen LogP contribution is -2.18. The van der Waals surface area contributed by atoms with Gasteiger partial charge in [0.2, 0.25) is 0 Å². The van der Waals surface area contributed by atoms with Crippen LogP contribution in [0.2, 0.25) is 5.02 Å². The van der Waals surface area contributed by atoms with Crippen LogP contribution in [0.3, 0.4) is 0 Å². The molecule has 1 fully saturated rings. The number of hydrogen-bond acceptors (Lipinski definition) is 4. The van der Waals surface area contributed by atoms with E-state index in [0.29, 0.717) is 29.9 Å². The van der Waals surface area contributed by atoms with E-state index in [9.17, 15) is 0 Å². The van der Waals surface area contributed by atoms with Crippen molar-refractivity contribution in [3.63, 3.8) is 0 Å². The first-order valence-corrected chi connectivity index (χ1v) is 8.07. The zero-order valence-corrected chi connectivity index (χ0v) is 13.0. The Bertz CT molecular complexity index is 475. The van der Waals surface area contributed by atoms with E-state index in [0.717, 1.165) is 50.5 Å². The van der Waals surface area contributed by atoms with Gasteiger partial charge in [-0.1, -0.05) is 11.6 Å². The van der Waals surface area contributed by atoms with Crippen LogP contribution in [0.1, 0.15) is 24.8 Å². The summed E-state index contributed by atoms with van der Waals surface area (Å²) >= 11 is 6.29. The van der Waals surface area contributed by atoms with E-state index in [1.807, 2.05) is 12.1 Å². The minimum atomic E-state index is 0.635. The van der Waals surface area contributed by atoms with Crippen molar-refractivity contribution in [2.24, 2.45) is 5.92 Å². The number of nitrogens with one attached hydrogen (secondary N) is 1.